The van der Waals surface area contributed by atoms with Gasteiger partial charge in [0.15, 0.2) is 0 Å². The van der Waals surface area contributed by atoms with Crippen molar-refractivity contribution in [3.8, 4) is 0 Å². The summed E-state index contributed by atoms with van der Waals surface area (Å²) in [6.45, 7) is 6.91. The molecule has 1 aromatic carbocycles. The van der Waals surface area contributed by atoms with E-state index in [4.69, 9.17) is 11.6 Å². The molecule has 0 fully saturated rings. The summed E-state index contributed by atoms with van der Waals surface area (Å²) in [5.41, 5.74) is 2.17. The van der Waals surface area contributed by atoms with Gasteiger partial charge in [-0.1, -0.05) is 28.9 Å². The molecule has 1 aromatic rings. The van der Waals surface area contributed by atoms with E-state index >= 15 is 0 Å². The molecule has 0 amide bonds. The number of rotatable bonds is 3. The highest BCUT2D eigenvalue weighted by molar-refractivity contribution is 6.43. The van der Waals surface area contributed by atoms with Crippen LogP contribution in [0.2, 0.25) is 5.02 Å². The Balaban J connectivity index is 3.17. The molecular formula is C10H14ClNSi. The minimum Gasteiger partial charge on any atom is -0.384 e. The molecular weight excluding hydrogens is 198 g/mol. The number of para-hydroxylation sites is 1. The van der Waals surface area contributed by atoms with Gasteiger partial charge < -0.3 is 5.32 Å². The lowest BCUT2D eigenvalue weighted by Gasteiger charge is -2.12. The Hall–Kier alpha value is -0.733. The van der Waals surface area contributed by atoms with Gasteiger partial charge in [0.25, 0.3) is 0 Å². The molecule has 0 saturated heterocycles. The van der Waals surface area contributed by atoms with E-state index in [1.165, 1.54) is 5.20 Å². The molecule has 0 aliphatic rings. The zero-order valence-corrected chi connectivity index (χ0v) is 10.8. The second-order valence-electron chi connectivity index (χ2n) is 2.97. The average molecular weight is 212 g/mol. The Kier molecular flexibility index (Phi) is 3.57. The summed E-state index contributed by atoms with van der Waals surface area (Å²) in [4.78, 5) is 0. The molecule has 0 atom stereocenters. The van der Waals surface area contributed by atoms with Gasteiger partial charge >= 0.3 is 0 Å². The standard InChI is InChI=1S/C10H14ClNSi/c1-3-12-10-8(7(2)13)5-4-6-9(10)11/h4-6,12H,2-3H2,1,13H3. The maximum atomic E-state index is 6.06. The van der Waals surface area contributed by atoms with Crippen molar-refractivity contribution in [1.82, 2.24) is 0 Å². The maximum absolute atomic E-state index is 6.06. The monoisotopic (exact) mass is 211 g/mol. The van der Waals surface area contributed by atoms with Crippen LogP contribution in [0, 0.1) is 0 Å². The lowest BCUT2D eigenvalue weighted by Crippen LogP contribution is -2.01. The van der Waals surface area contributed by atoms with E-state index in [2.05, 4.69) is 24.9 Å². The van der Waals surface area contributed by atoms with Crippen molar-refractivity contribution in [3.63, 3.8) is 0 Å². The molecule has 13 heavy (non-hydrogen) atoms. The maximum Gasteiger partial charge on any atom is 0.0643 e. The van der Waals surface area contributed by atoms with Crippen molar-refractivity contribution in [1.29, 1.82) is 0 Å². The molecule has 0 spiro atoms. The quantitative estimate of drug-likeness (QED) is 0.756. The largest absolute Gasteiger partial charge is 0.384 e. The molecule has 0 heterocycles. The van der Waals surface area contributed by atoms with Crippen LogP contribution in [-0.2, 0) is 0 Å². The summed E-state index contributed by atoms with van der Waals surface area (Å²) in [5, 5.41) is 5.19. The zero-order valence-electron chi connectivity index (χ0n) is 8.02. The van der Waals surface area contributed by atoms with Gasteiger partial charge in [0, 0.05) is 16.8 Å². The van der Waals surface area contributed by atoms with E-state index in [1.54, 1.807) is 0 Å². The minimum absolute atomic E-state index is 0.774. The molecule has 0 aromatic heterocycles. The van der Waals surface area contributed by atoms with Crippen molar-refractivity contribution in [2.45, 2.75) is 6.92 Å². The van der Waals surface area contributed by atoms with Gasteiger partial charge in [-0.2, -0.15) is 0 Å². The van der Waals surface area contributed by atoms with Crippen molar-refractivity contribution in [2.24, 2.45) is 0 Å². The van der Waals surface area contributed by atoms with Crippen LogP contribution in [0.3, 0.4) is 0 Å². The summed E-state index contributed by atoms with van der Waals surface area (Å²) in [6.07, 6.45) is 0. The molecule has 1 rings (SSSR count). The first-order chi connectivity index (χ1) is 6.16. The number of hydrogen-bond donors (Lipinski definition) is 1. The summed E-state index contributed by atoms with van der Waals surface area (Å²) >= 11 is 6.06. The number of halogens is 1. The van der Waals surface area contributed by atoms with Crippen LogP contribution < -0.4 is 5.32 Å². The van der Waals surface area contributed by atoms with Gasteiger partial charge in [-0.15, -0.1) is 6.58 Å². The Morgan fingerprint density at radius 3 is 2.85 bits per heavy atom. The Bertz CT molecular complexity index is 323. The molecule has 0 radical (unpaired) electrons. The average Bonchev–Trinajstić information content (AvgIpc) is 2.08. The van der Waals surface area contributed by atoms with Gasteiger partial charge in [-0.3, -0.25) is 0 Å². The zero-order chi connectivity index (χ0) is 9.84. The first-order valence-corrected chi connectivity index (χ1v) is 5.73. The van der Waals surface area contributed by atoms with Crippen LogP contribution in [0.4, 0.5) is 5.69 Å². The number of nitrogens with one attached hydrogen (secondary N) is 1. The first-order valence-electron chi connectivity index (χ1n) is 4.35. The van der Waals surface area contributed by atoms with E-state index in [0.29, 0.717) is 0 Å². The van der Waals surface area contributed by atoms with Crippen LogP contribution in [0.5, 0.6) is 0 Å². The summed E-state index contributed by atoms with van der Waals surface area (Å²) in [7, 11) is 0.967. The van der Waals surface area contributed by atoms with Crippen LogP contribution in [-0.4, -0.2) is 16.8 Å². The van der Waals surface area contributed by atoms with Crippen molar-refractivity contribution in [2.75, 3.05) is 11.9 Å². The molecule has 0 unspecified atom stereocenters. The summed E-state index contributed by atoms with van der Waals surface area (Å²) < 4.78 is 0. The lowest BCUT2D eigenvalue weighted by molar-refractivity contribution is 1.21. The second-order valence-corrected chi connectivity index (χ2v) is 4.59. The number of hydrogen-bond acceptors (Lipinski definition) is 1. The molecule has 70 valence electrons. The highest BCUT2D eigenvalue weighted by Crippen LogP contribution is 2.28. The van der Waals surface area contributed by atoms with Gasteiger partial charge in [0.05, 0.1) is 10.7 Å². The molecule has 0 bridgehead atoms. The third kappa shape index (κ3) is 2.36. The Morgan fingerprint density at radius 2 is 2.31 bits per heavy atom. The molecule has 0 saturated carbocycles. The van der Waals surface area contributed by atoms with Crippen LogP contribution >= 0.6 is 11.6 Å². The van der Waals surface area contributed by atoms with Crippen molar-refractivity contribution >= 4 is 32.7 Å². The third-order valence-electron chi connectivity index (χ3n) is 1.83. The highest BCUT2D eigenvalue weighted by Gasteiger charge is 2.05. The van der Waals surface area contributed by atoms with Gasteiger partial charge in [-0.05, 0) is 18.6 Å². The predicted octanol–water partition coefficient (Wildman–Crippen LogP) is 2.11. The van der Waals surface area contributed by atoms with E-state index in [0.717, 1.165) is 33.1 Å². The van der Waals surface area contributed by atoms with Gasteiger partial charge in [-0.25, -0.2) is 0 Å². The fraction of sp³-hybridized carbons (Fsp3) is 0.200. The van der Waals surface area contributed by atoms with E-state index < -0.39 is 0 Å². The molecule has 3 heteroatoms. The smallest absolute Gasteiger partial charge is 0.0643 e. The Labute approximate surface area is 87.2 Å². The fourth-order valence-corrected chi connectivity index (χ4v) is 1.89. The first kappa shape index (κ1) is 10.3. The molecule has 0 aliphatic heterocycles. The van der Waals surface area contributed by atoms with Crippen LogP contribution in [0.15, 0.2) is 24.8 Å². The van der Waals surface area contributed by atoms with Gasteiger partial charge in [0.2, 0.25) is 0 Å². The number of anilines is 1. The SMILES string of the molecule is C=C([SiH3])c1cccc(Cl)c1NCC. The second kappa shape index (κ2) is 4.49. The lowest BCUT2D eigenvalue weighted by atomic mass is 10.1. The highest BCUT2D eigenvalue weighted by atomic mass is 35.5. The summed E-state index contributed by atoms with van der Waals surface area (Å²) in [6, 6.07) is 5.91. The van der Waals surface area contributed by atoms with Crippen LogP contribution in [0.25, 0.3) is 5.20 Å². The Morgan fingerprint density at radius 1 is 1.62 bits per heavy atom. The fourth-order valence-electron chi connectivity index (χ4n) is 1.24. The van der Waals surface area contributed by atoms with E-state index in [1.807, 2.05) is 12.1 Å². The normalized spacial score (nSPS) is 10.0. The van der Waals surface area contributed by atoms with Gasteiger partial charge in [0.1, 0.15) is 0 Å². The number of benzene rings is 1. The third-order valence-corrected chi connectivity index (χ3v) is 2.68. The van der Waals surface area contributed by atoms with E-state index in [9.17, 15) is 0 Å². The van der Waals surface area contributed by atoms with Crippen LogP contribution in [0.1, 0.15) is 12.5 Å². The topological polar surface area (TPSA) is 12.0 Å². The molecule has 1 N–H and O–H groups in total. The minimum atomic E-state index is 0.774. The van der Waals surface area contributed by atoms with Crippen molar-refractivity contribution < 1.29 is 0 Å². The van der Waals surface area contributed by atoms with E-state index in [-0.39, 0.29) is 0 Å². The van der Waals surface area contributed by atoms with Crippen molar-refractivity contribution in [3.05, 3.63) is 35.4 Å². The summed E-state index contributed by atoms with van der Waals surface area (Å²) in [5.74, 6) is 0. The predicted molar refractivity (Wildman–Crippen MR) is 64.6 cm³/mol. The molecule has 1 nitrogen and oxygen atoms in total. The molecule has 0 aliphatic carbocycles.